The maximum absolute atomic E-state index is 4.06. The molecule has 0 bridgehead atoms. The molecule has 0 aliphatic carbocycles. The van der Waals surface area contributed by atoms with Crippen LogP contribution in [0, 0.1) is 6.92 Å². The van der Waals surface area contributed by atoms with Crippen LogP contribution >= 0.6 is 11.3 Å². The lowest BCUT2D eigenvalue weighted by atomic mass is 10.1. The number of aromatic nitrogens is 2. The first-order valence-corrected chi connectivity index (χ1v) is 6.53. The number of nitrogens with zero attached hydrogens (tertiary/aromatic N) is 2. The number of benzene rings is 1. The maximum Gasteiger partial charge on any atom is 0.205 e. The van der Waals surface area contributed by atoms with E-state index in [2.05, 4.69) is 39.0 Å². The van der Waals surface area contributed by atoms with E-state index in [0.717, 1.165) is 29.6 Å². The quantitative estimate of drug-likeness (QED) is 0.873. The van der Waals surface area contributed by atoms with Crippen molar-refractivity contribution in [2.45, 2.75) is 19.9 Å². The number of anilines is 2. The molecule has 5 heteroatoms. The van der Waals surface area contributed by atoms with Crippen molar-refractivity contribution in [3.05, 3.63) is 34.3 Å². The molecule has 0 saturated carbocycles. The first kappa shape index (κ1) is 10.5. The van der Waals surface area contributed by atoms with E-state index in [9.17, 15) is 0 Å². The van der Waals surface area contributed by atoms with Crippen LogP contribution in [0.2, 0.25) is 0 Å². The number of para-hydroxylation sites is 1. The minimum atomic E-state index is 0.796. The van der Waals surface area contributed by atoms with Gasteiger partial charge in [0.15, 0.2) is 0 Å². The molecule has 0 spiro atoms. The lowest BCUT2D eigenvalue weighted by molar-refractivity contribution is 1.02. The van der Waals surface area contributed by atoms with Crippen LogP contribution < -0.4 is 10.6 Å². The van der Waals surface area contributed by atoms with Crippen LogP contribution in [-0.4, -0.2) is 16.7 Å². The van der Waals surface area contributed by atoms with E-state index in [0.29, 0.717) is 0 Å². The molecule has 0 unspecified atom stereocenters. The predicted octanol–water partition coefficient (Wildman–Crippen LogP) is 2.43. The number of fused-ring (bicyclic) bond motifs is 1. The van der Waals surface area contributed by atoms with Gasteiger partial charge in [0.05, 0.1) is 0 Å². The Labute approximate surface area is 104 Å². The van der Waals surface area contributed by atoms with Crippen molar-refractivity contribution < 1.29 is 0 Å². The maximum atomic E-state index is 4.06. The number of hydrogen-bond acceptors (Lipinski definition) is 5. The zero-order chi connectivity index (χ0) is 11.7. The Kier molecular flexibility index (Phi) is 2.68. The van der Waals surface area contributed by atoms with Crippen LogP contribution in [0.25, 0.3) is 0 Å². The molecule has 2 aromatic rings. The van der Waals surface area contributed by atoms with Gasteiger partial charge in [-0.05, 0) is 24.5 Å². The smallest absolute Gasteiger partial charge is 0.205 e. The van der Waals surface area contributed by atoms with Crippen molar-refractivity contribution in [3.8, 4) is 0 Å². The van der Waals surface area contributed by atoms with Gasteiger partial charge in [-0.2, -0.15) is 0 Å². The highest BCUT2D eigenvalue weighted by Crippen LogP contribution is 2.27. The molecule has 17 heavy (non-hydrogen) atoms. The second-order valence-electron chi connectivity index (χ2n) is 4.11. The Morgan fingerprint density at radius 2 is 2.35 bits per heavy atom. The summed E-state index contributed by atoms with van der Waals surface area (Å²) in [6.45, 7) is 3.81. The molecular weight excluding hydrogens is 232 g/mol. The molecule has 2 heterocycles. The Morgan fingerprint density at radius 3 is 3.18 bits per heavy atom. The van der Waals surface area contributed by atoms with Gasteiger partial charge in [0, 0.05) is 18.8 Å². The normalized spacial score (nSPS) is 13.2. The summed E-state index contributed by atoms with van der Waals surface area (Å²) in [5.74, 6) is 0. The molecular formula is C12H14N4S. The molecule has 0 saturated heterocycles. The highest BCUT2D eigenvalue weighted by atomic mass is 32.1. The molecule has 88 valence electrons. The van der Waals surface area contributed by atoms with Gasteiger partial charge >= 0.3 is 0 Å². The molecule has 1 aliphatic heterocycles. The van der Waals surface area contributed by atoms with Crippen molar-refractivity contribution >= 4 is 22.2 Å². The van der Waals surface area contributed by atoms with E-state index in [1.54, 1.807) is 11.3 Å². The minimum Gasteiger partial charge on any atom is -0.384 e. The summed E-state index contributed by atoms with van der Waals surface area (Å²) < 4.78 is 0. The highest BCUT2D eigenvalue weighted by molar-refractivity contribution is 7.15. The first-order valence-electron chi connectivity index (χ1n) is 5.71. The van der Waals surface area contributed by atoms with Crippen LogP contribution in [0.4, 0.5) is 10.8 Å². The number of nitrogens with one attached hydrogen (secondary N) is 2. The van der Waals surface area contributed by atoms with Crippen LogP contribution in [0.3, 0.4) is 0 Å². The predicted molar refractivity (Wildman–Crippen MR) is 70.6 cm³/mol. The summed E-state index contributed by atoms with van der Waals surface area (Å²) >= 11 is 1.59. The zero-order valence-corrected chi connectivity index (χ0v) is 10.5. The Balaban J connectivity index is 1.75. The first-order chi connectivity index (χ1) is 8.33. The van der Waals surface area contributed by atoms with Gasteiger partial charge in [0.2, 0.25) is 5.13 Å². The molecule has 2 N–H and O–H groups in total. The van der Waals surface area contributed by atoms with Crippen molar-refractivity contribution in [2.75, 3.05) is 17.2 Å². The van der Waals surface area contributed by atoms with Crippen molar-refractivity contribution in [2.24, 2.45) is 0 Å². The Hall–Kier alpha value is -1.62. The van der Waals surface area contributed by atoms with Crippen molar-refractivity contribution in [1.29, 1.82) is 0 Å². The molecule has 4 nitrogen and oxygen atoms in total. The lowest BCUT2D eigenvalue weighted by Crippen LogP contribution is -2.02. The third-order valence-electron chi connectivity index (χ3n) is 2.89. The molecule has 0 radical (unpaired) electrons. The van der Waals surface area contributed by atoms with Gasteiger partial charge in [-0.1, -0.05) is 29.5 Å². The van der Waals surface area contributed by atoms with E-state index in [1.165, 1.54) is 16.8 Å². The second kappa shape index (κ2) is 4.33. The molecule has 0 fully saturated rings. The average Bonchev–Trinajstić information content (AvgIpc) is 2.94. The van der Waals surface area contributed by atoms with E-state index >= 15 is 0 Å². The van der Waals surface area contributed by atoms with Gasteiger partial charge in [0.25, 0.3) is 0 Å². The summed E-state index contributed by atoms with van der Waals surface area (Å²) in [4.78, 5) is 0. The number of rotatable bonds is 3. The van der Waals surface area contributed by atoms with Crippen molar-refractivity contribution in [1.82, 2.24) is 10.2 Å². The Bertz CT molecular complexity index is 535. The van der Waals surface area contributed by atoms with Crippen molar-refractivity contribution in [3.63, 3.8) is 0 Å². The summed E-state index contributed by atoms with van der Waals surface area (Å²) in [7, 11) is 0. The number of aryl methyl sites for hydroxylation is 1. The summed E-state index contributed by atoms with van der Waals surface area (Å²) in [5.41, 5.74) is 4.01. The summed E-state index contributed by atoms with van der Waals surface area (Å²) in [6.07, 6.45) is 1.13. The molecule has 3 rings (SSSR count). The molecule has 0 amide bonds. The highest BCUT2D eigenvalue weighted by Gasteiger charge is 2.13. The van der Waals surface area contributed by atoms with E-state index in [4.69, 9.17) is 0 Å². The van der Waals surface area contributed by atoms with Crippen LogP contribution in [0.5, 0.6) is 0 Å². The van der Waals surface area contributed by atoms with Gasteiger partial charge in [-0.3, -0.25) is 0 Å². The van der Waals surface area contributed by atoms with E-state index in [1.807, 2.05) is 6.92 Å². The third kappa shape index (κ3) is 2.10. The SMILES string of the molecule is Cc1nnc(NCc2cccc3c2NCC3)s1. The van der Waals surface area contributed by atoms with Gasteiger partial charge in [-0.15, -0.1) is 10.2 Å². The van der Waals surface area contributed by atoms with Gasteiger partial charge in [0.1, 0.15) is 5.01 Å². The standard InChI is InChI=1S/C12H14N4S/c1-8-15-16-12(17-8)14-7-10-4-2-3-9-5-6-13-11(9)10/h2-4,13H,5-7H2,1H3,(H,14,16). The molecule has 1 aromatic heterocycles. The monoisotopic (exact) mass is 246 g/mol. The van der Waals surface area contributed by atoms with Gasteiger partial charge < -0.3 is 10.6 Å². The average molecular weight is 246 g/mol. The summed E-state index contributed by atoms with van der Waals surface area (Å²) in [5, 5.41) is 16.7. The van der Waals surface area contributed by atoms with Crippen LogP contribution in [-0.2, 0) is 13.0 Å². The fraction of sp³-hybridized carbons (Fsp3) is 0.333. The topological polar surface area (TPSA) is 49.8 Å². The Morgan fingerprint density at radius 1 is 1.41 bits per heavy atom. The minimum absolute atomic E-state index is 0.796. The fourth-order valence-corrected chi connectivity index (χ4v) is 2.68. The second-order valence-corrected chi connectivity index (χ2v) is 5.29. The fourth-order valence-electron chi connectivity index (χ4n) is 2.10. The zero-order valence-electron chi connectivity index (χ0n) is 9.66. The van der Waals surface area contributed by atoms with E-state index < -0.39 is 0 Å². The molecule has 1 aromatic carbocycles. The van der Waals surface area contributed by atoms with E-state index in [-0.39, 0.29) is 0 Å². The molecule has 0 atom stereocenters. The van der Waals surface area contributed by atoms with Gasteiger partial charge in [-0.25, -0.2) is 0 Å². The van der Waals surface area contributed by atoms with Crippen LogP contribution in [0.1, 0.15) is 16.1 Å². The number of hydrogen-bond donors (Lipinski definition) is 2. The lowest BCUT2D eigenvalue weighted by Gasteiger charge is -2.08. The molecule has 1 aliphatic rings. The summed E-state index contributed by atoms with van der Waals surface area (Å²) in [6, 6.07) is 6.46. The third-order valence-corrected chi connectivity index (χ3v) is 3.69. The largest absolute Gasteiger partial charge is 0.384 e. The van der Waals surface area contributed by atoms with Crippen LogP contribution in [0.15, 0.2) is 18.2 Å².